The molecule has 3 aliphatic rings. The smallest absolute Gasteiger partial charge is 0.172 e. The minimum atomic E-state index is -0.303. The summed E-state index contributed by atoms with van der Waals surface area (Å²) in [5.41, 5.74) is 2.53. The number of allylic oxidation sites excluding steroid dienone is 1. The van der Waals surface area contributed by atoms with E-state index in [-0.39, 0.29) is 35.2 Å². The van der Waals surface area contributed by atoms with Crippen molar-refractivity contribution in [2.75, 3.05) is 14.2 Å². The fraction of sp³-hybridized carbons (Fsp3) is 0.250. The van der Waals surface area contributed by atoms with E-state index in [1.54, 1.807) is 14.2 Å². The van der Waals surface area contributed by atoms with E-state index >= 15 is 0 Å². The Kier molecular flexibility index (Phi) is 4.99. The highest BCUT2D eigenvalue weighted by molar-refractivity contribution is 8.27. The number of hydrogen-bond acceptors (Lipinski definition) is 6. The Labute approximate surface area is 183 Å². The van der Waals surface area contributed by atoms with E-state index < -0.39 is 0 Å². The number of carbonyl (C=O) groups excluding carboxylic acids is 2. The van der Waals surface area contributed by atoms with Crippen LogP contribution in [0.1, 0.15) is 23.0 Å². The standard InChI is InChI=1S/C24H20O4S2/c1-27-15-7-3-13(4-8-15)17-18(14-5-9-16(28-2)10-6-14)20-19(17)22(25)21(23(20)26)24-29-11-12-30-24/h3-12,17-20H,1-2H3/t17-,18+,19+,20-. The first kappa shape index (κ1) is 19.5. The second kappa shape index (κ2) is 7.67. The molecule has 30 heavy (non-hydrogen) atoms. The van der Waals surface area contributed by atoms with Crippen molar-refractivity contribution < 1.29 is 19.1 Å². The summed E-state index contributed by atoms with van der Waals surface area (Å²) in [5.74, 6) is 0.865. The molecule has 1 aliphatic heterocycles. The molecule has 1 heterocycles. The summed E-state index contributed by atoms with van der Waals surface area (Å²) >= 11 is 2.94. The van der Waals surface area contributed by atoms with Gasteiger partial charge in [-0.25, -0.2) is 0 Å². The minimum Gasteiger partial charge on any atom is -0.497 e. The first-order chi connectivity index (χ1) is 14.6. The van der Waals surface area contributed by atoms with Crippen molar-refractivity contribution in [1.29, 1.82) is 0 Å². The number of rotatable bonds is 4. The molecule has 2 saturated carbocycles. The van der Waals surface area contributed by atoms with Gasteiger partial charge in [-0.1, -0.05) is 47.8 Å². The van der Waals surface area contributed by atoms with Gasteiger partial charge in [-0.15, -0.1) is 0 Å². The van der Waals surface area contributed by atoms with Gasteiger partial charge < -0.3 is 9.47 Å². The molecule has 152 valence electrons. The lowest BCUT2D eigenvalue weighted by atomic mass is 9.53. The largest absolute Gasteiger partial charge is 0.497 e. The first-order valence-electron chi connectivity index (χ1n) is 9.73. The Morgan fingerprint density at radius 1 is 0.633 bits per heavy atom. The molecule has 0 N–H and O–H groups in total. The lowest BCUT2D eigenvalue weighted by Crippen LogP contribution is -2.45. The van der Waals surface area contributed by atoms with Crippen LogP contribution in [0.25, 0.3) is 0 Å². The Balaban J connectivity index is 1.58. The van der Waals surface area contributed by atoms with Crippen LogP contribution >= 0.6 is 23.5 Å². The average Bonchev–Trinajstić information content (AvgIpc) is 3.34. The summed E-state index contributed by atoms with van der Waals surface area (Å²) in [6.45, 7) is 0. The molecule has 6 heteroatoms. The van der Waals surface area contributed by atoms with Crippen LogP contribution in [0.3, 0.4) is 0 Å². The number of ether oxygens (including phenoxy) is 2. The third-order valence-corrected chi connectivity index (χ3v) is 8.39. The Hall–Kier alpha value is -2.44. The van der Waals surface area contributed by atoms with Gasteiger partial charge in [0.25, 0.3) is 0 Å². The highest BCUT2D eigenvalue weighted by Gasteiger charge is 2.64. The maximum absolute atomic E-state index is 13.4. The predicted octanol–water partition coefficient (Wildman–Crippen LogP) is 5.13. The SMILES string of the molecule is COc1ccc([C@@H]2[C@H]3C(=O)C(=C4SC=CS4)C(=O)[C@H]3[C@@H]2c2ccc(OC)cc2)cc1. The summed E-state index contributed by atoms with van der Waals surface area (Å²) in [5, 5.41) is 3.85. The van der Waals surface area contributed by atoms with Crippen molar-refractivity contribution in [2.45, 2.75) is 11.8 Å². The molecule has 2 aliphatic carbocycles. The van der Waals surface area contributed by atoms with Gasteiger partial charge in [0.15, 0.2) is 11.6 Å². The zero-order chi connectivity index (χ0) is 20.8. The average molecular weight is 437 g/mol. The maximum Gasteiger partial charge on any atom is 0.172 e. The summed E-state index contributed by atoms with van der Waals surface area (Å²) < 4.78 is 11.4. The molecule has 4 nitrogen and oxygen atoms in total. The Morgan fingerprint density at radius 3 is 1.40 bits per heavy atom. The third-order valence-electron chi connectivity index (χ3n) is 6.26. The summed E-state index contributed by atoms with van der Waals surface area (Å²) in [6.07, 6.45) is 0. The summed E-state index contributed by atoms with van der Waals surface area (Å²) in [7, 11) is 3.27. The van der Waals surface area contributed by atoms with Crippen molar-refractivity contribution in [2.24, 2.45) is 11.8 Å². The van der Waals surface area contributed by atoms with Crippen LogP contribution in [0.15, 0.2) is 69.2 Å². The van der Waals surface area contributed by atoms with E-state index in [1.807, 2.05) is 59.3 Å². The van der Waals surface area contributed by atoms with Crippen LogP contribution in [0, 0.1) is 11.8 Å². The van der Waals surface area contributed by atoms with Crippen molar-refractivity contribution in [1.82, 2.24) is 0 Å². The lowest BCUT2D eigenvalue weighted by molar-refractivity contribution is -0.127. The molecule has 5 rings (SSSR count). The number of fused-ring (bicyclic) bond motifs is 1. The van der Waals surface area contributed by atoms with Crippen LogP contribution in [-0.2, 0) is 9.59 Å². The van der Waals surface area contributed by atoms with Crippen molar-refractivity contribution in [3.8, 4) is 11.5 Å². The first-order valence-corrected chi connectivity index (χ1v) is 11.5. The van der Waals surface area contributed by atoms with E-state index in [0.717, 1.165) is 26.9 Å². The maximum atomic E-state index is 13.4. The molecule has 0 radical (unpaired) electrons. The molecule has 4 atom stereocenters. The van der Waals surface area contributed by atoms with Gasteiger partial charge in [-0.05, 0) is 46.2 Å². The van der Waals surface area contributed by atoms with Crippen LogP contribution < -0.4 is 9.47 Å². The monoisotopic (exact) mass is 436 g/mol. The minimum absolute atomic E-state index is 0.00530. The molecule has 2 aromatic rings. The van der Waals surface area contributed by atoms with Crippen molar-refractivity contribution in [3.05, 3.63) is 80.3 Å². The highest BCUT2D eigenvalue weighted by Crippen LogP contribution is 2.64. The molecular weight excluding hydrogens is 416 g/mol. The van der Waals surface area contributed by atoms with Gasteiger partial charge in [0.1, 0.15) is 11.5 Å². The van der Waals surface area contributed by atoms with Crippen LogP contribution in [0.2, 0.25) is 0 Å². The van der Waals surface area contributed by atoms with Gasteiger partial charge in [0.2, 0.25) is 0 Å². The predicted molar refractivity (Wildman–Crippen MR) is 120 cm³/mol. The Bertz CT molecular complexity index is 986. The molecule has 0 spiro atoms. The molecule has 2 fully saturated rings. The van der Waals surface area contributed by atoms with Crippen molar-refractivity contribution >= 4 is 35.1 Å². The van der Waals surface area contributed by atoms with E-state index in [4.69, 9.17) is 9.47 Å². The fourth-order valence-corrected chi connectivity index (χ4v) is 6.75. The molecule has 0 amide bonds. The summed E-state index contributed by atoms with van der Waals surface area (Å²) in [6, 6.07) is 15.7. The van der Waals surface area contributed by atoms with Crippen LogP contribution in [-0.4, -0.2) is 25.8 Å². The lowest BCUT2D eigenvalue weighted by Gasteiger charge is -2.47. The second-order valence-corrected chi connectivity index (χ2v) is 9.64. The number of thioether (sulfide) groups is 2. The van der Waals surface area contributed by atoms with E-state index in [1.165, 1.54) is 23.5 Å². The van der Waals surface area contributed by atoms with Crippen LogP contribution in [0.5, 0.6) is 11.5 Å². The van der Waals surface area contributed by atoms with Crippen molar-refractivity contribution in [3.63, 3.8) is 0 Å². The molecular formula is C24H20O4S2. The molecule has 0 saturated heterocycles. The quantitative estimate of drug-likeness (QED) is 0.489. The van der Waals surface area contributed by atoms with E-state index in [2.05, 4.69) is 0 Å². The number of Topliss-reactive ketones (excluding diaryl/α,β-unsaturated/α-hetero) is 2. The number of ketones is 2. The number of benzene rings is 2. The Morgan fingerprint density at radius 2 is 1.03 bits per heavy atom. The van der Waals surface area contributed by atoms with Gasteiger partial charge in [0, 0.05) is 23.7 Å². The molecule has 2 aromatic carbocycles. The topological polar surface area (TPSA) is 52.6 Å². The molecule has 0 aromatic heterocycles. The number of carbonyl (C=O) groups is 2. The van der Waals surface area contributed by atoms with Gasteiger partial charge in [0.05, 0.1) is 24.0 Å². The van der Waals surface area contributed by atoms with Gasteiger partial charge >= 0.3 is 0 Å². The fourth-order valence-electron chi connectivity index (χ4n) is 4.86. The van der Waals surface area contributed by atoms with Gasteiger partial charge in [-0.3, -0.25) is 9.59 Å². The van der Waals surface area contributed by atoms with E-state index in [0.29, 0.717) is 5.57 Å². The molecule has 0 unspecified atom stereocenters. The zero-order valence-corrected chi connectivity index (χ0v) is 18.2. The summed E-state index contributed by atoms with van der Waals surface area (Å²) in [4.78, 5) is 26.7. The normalized spacial score (nSPS) is 27.3. The van der Waals surface area contributed by atoms with E-state index in [9.17, 15) is 9.59 Å². The van der Waals surface area contributed by atoms with Crippen LogP contribution in [0.4, 0.5) is 0 Å². The molecule has 0 bridgehead atoms. The number of methoxy groups -OCH3 is 2. The zero-order valence-electron chi connectivity index (χ0n) is 16.5. The highest BCUT2D eigenvalue weighted by atomic mass is 32.2. The third kappa shape index (κ3) is 2.93. The van der Waals surface area contributed by atoms with Gasteiger partial charge in [-0.2, -0.15) is 0 Å². The second-order valence-electron chi connectivity index (χ2n) is 7.55. The number of hydrogen-bond donors (Lipinski definition) is 0.